The summed E-state index contributed by atoms with van der Waals surface area (Å²) < 4.78 is 16.6. The first kappa shape index (κ1) is 37.9. The fraction of sp³-hybridized carbons (Fsp3) is 0.409. The van der Waals surface area contributed by atoms with Crippen molar-refractivity contribution in [3.05, 3.63) is 129 Å². The van der Waals surface area contributed by atoms with Crippen LogP contribution in [0.2, 0.25) is 25.7 Å². The van der Waals surface area contributed by atoms with E-state index in [1.807, 2.05) is 53.5 Å². The predicted octanol–water partition coefficient (Wildman–Crippen LogP) is 8.01. The summed E-state index contributed by atoms with van der Waals surface area (Å²) in [6.45, 7) is 14.6. The predicted molar refractivity (Wildman–Crippen MR) is 222 cm³/mol. The smallest absolute Gasteiger partial charge is 0.410 e. The number of benzene rings is 3. The molecule has 1 atom stereocenters. The molecule has 12 heteroatoms. The van der Waals surface area contributed by atoms with Gasteiger partial charge in [-0.1, -0.05) is 54.6 Å². The molecule has 3 aromatic carbocycles. The lowest BCUT2D eigenvalue weighted by molar-refractivity contribution is 0.0495. The van der Waals surface area contributed by atoms with E-state index in [2.05, 4.69) is 77.4 Å². The van der Waals surface area contributed by atoms with E-state index in [0.717, 1.165) is 88.8 Å². The van der Waals surface area contributed by atoms with Crippen molar-refractivity contribution in [3.63, 3.8) is 0 Å². The lowest BCUT2D eigenvalue weighted by Crippen LogP contribution is -2.40. The zero-order valence-electron chi connectivity index (χ0n) is 33.0. The molecule has 56 heavy (non-hydrogen) atoms. The third-order valence-electron chi connectivity index (χ3n) is 11.3. The van der Waals surface area contributed by atoms with Gasteiger partial charge in [0, 0.05) is 81.2 Å². The summed E-state index contributed by atoms with van der Waals surface area (Å²) in [6.07, 6.45) is 4.92. The van der Waals surface area contributed by atoms with E-state index in [0.29, 0.717) is 39.1 Å². The van der Waals surface area contributed by atoms with E-state index in [1.165, 1.54) is 5.56 Å². The molecular formula is C44H53N7O4Si-. The average Bonchev–Trinajstić information content (AvgIpc) is 3.80. The minimum absolute atomic E-state index is 0.0522. The van der Waals surface area contributed by atoms with E-state index < -0.39 is 14.2 Å². The molecule has 3 aromatic heterocycles. The Morgan fingerprint density at radius 2 is 1.73 bits per heavy atom. The molecule has 0 radical (unpaired) electrons. The number of hydrogen-bond acceptors (Lipinski definition) is 7. The topological polar surface area (TPSA) is 111 Å². The number of rotatable bonds is 12. The number of imidazole rings is 1. The molecule has 8 rings (SSSR count). The summed E-state index contributed by atoms with van der Waals surface area (Å²) >= 11 is 0. The quantitative estimate of drug-likeness (QED) is 0.0992. The van der Waals surface area contributed by atoms with Gasteiger partial charge in [-0.15, -0.1) is 14.1 Å². The Morgan fingerprint density at radius 1 is 0.946 bits per heavy atom. The normalized spacial score (nSPS) is 16.0. The fourth-order valence-corrected chi connectivity index (χ4v) is 8.95. The minimum Gasteiger partial charge on any atom is -0.438 e. The molecule has 0 spiro atoms. The molecule has 0 aliphatic carbocycles. The third-order valence-corrected chi connectivity index (χ3v) is 13.0. The number of carbonyl (C=O) groups excluding carboxylic acids is 1. The molecule has 2 aliphatic heterocycles. The van der Waals surface area contributed by atoms with E-state index in [9.17, 15) is 9.59 Å². The number of pyridine rings is 1. The molecule has 1 fully saturated rings. The number of aryl methyl sites for hydroxylation is 1. The maximum Gasteiger partial charge on any atom is 0.410 e. The Labute approximate surface area is 329 Å². The summed E-state index contributed by atoms with van der Waals surface area (Å²) in [5.41, 5.74) is 7.04. The average molecular weight is 772 g/mol. The van der Waals surface area contributed by atoms with Crippen LogP contribution in [0.1, 0.15) is 58.6 Å². The summed E-state index contributed by atoms with van der Waals surface area (Å²) in [6, 6.07) is 25.8. The Hall–Kier alpha value is -5.04. The van der Waals surface area contributed by atoms with E-state index >= 15 is 0 Å². The monoisotopic (exact) mass is 771 g/mol. The van der Waals surface area contributed by atoms with Crippen molar-refractivity contribution in [1.82, 2.24) is 34.1 Å². The van der Waals surface area contributed by atoms with Crippen molar-refractivity contribution >= 4 is 36.0 Å². The molecular weight excluding hydrogens is 719 g/mol. The summed E-state index contributed by atoms with van der Waals surface area (Å²) in [5, 5.41) is 6.89. The Balaban J connectivity index is 1.00. The number of H-pyrrole nitrogens is 1. The van der Waals surface area contributed by atoms with Gasteiger partial charge in [-0.25, -0.2) is 14.5 Å². The molecule has 5 heterocycles. The number of aromatic amines is 1. The van der Waals surface area contributed by atoms with Crippen molar-refractivity contribution in [3.8, 4) is 0 Å². The molecule has 2 aliphatic rings. The van der Waals surface area contributed by atoms with Gasteiger partial charge in [-0.3, -0.25) is 9.69 Å². The Kier molecular flexibility index (Phi) is 11.0. The van der Waals surface area contributed by atoms with Crippen LogP contribution in [0.3, 0.4) is 0 Å². The van der Waals surface area contributed by atoms with Crippen LogP contribution in [0.25, 0.3) is 21.8 Å². The molecule has 293 valence electrons. The van der Waals surface area contributed by atoms with Gasteiger partial charge in [0.25, 0.3) is 5.56 Å². The summed E-state index contributed by atoms with van der Waals surface area (Å²) in [7, 11) is -1.18. The van der Waals surface area contributed by atoms with E-state index in [1.54, 1.807) is 4.90 Å². The second kappa shape index (κ2) is 16.2. The van der Waals surface area contributed by atoms with Crippen molar-refractivity contribution in [1.29, 1.82) is 0 Å². The zero-order valence-corrected chi connectivity index (χ0v) is 34.0. The van der Waals surface area contributed by atoms with Gasteiger partial charge in [0.2, 0.25) is 0 Å². The highest BCUT2D eigenvalue weighted by Crippen LogP contribution is 2.32. The van der Waals surface area contributed by atoms with Crippen LogP contribution in [0.4, 0.5) is 4.79 Å². The first-order valence-electron chi connectivity index (χ1n) is 20.0. The molecule has 6 aromatic rings. The number of amides is 1. The van der Waals surface area contributed by atoms with Gasteiger partial charge >= 0.3 is 6.09 Å². The van der Waals surface area contributed by atoms with Crippen molar-refractivity contribution in [2.24, 2.45) is 0 Å². The SMILES string of the molecule is Cc1cc(CC(OC(=O)N2CCC(c3cc4ccccc4[nH]c3=O)CC2)c2ncc3n2CCN(Cc2ccccc2)C3)cc2cn(COCC[Si-](C)(C)C)nc12. The first-order valence-corrected chi connectivity index (χ1v) is 23.7. The van der Waals surface area contributed by atoms with Crippen LogP contribution < -0.4 is 5.56 Å². The summed E-state index contributed by atoms with van der Waals surface area (Å²) in [5.74, 6) is 0.845. The first-order chi connectivity index (χ1) is 27.1. The fourth-order valence-electron chi connectivity index (χ4n) is 8.19. The second-order valence-electron chi connectivity index (χ2n) is 16.8. The maximum atomic E-state index is 14.0. The lowest BCUT2D eigenvalue weighted by atomic mass is 9.89. The van der Waals surface area contributed by atoms with Gasteiger partial charge in [0.05, 0.1) is 11.2 Å². The molecule has 1 amide bonds. The maximum absolute atomic E-state index is 14.0. The van der Waals surface area contributed by atoms with Crippen LogP contribution in [-0.2, 0) is 42.3 Å². The molecule has 11 nitrogen and oxygen atoms in total. The van der Waals surface area contributed by atoms with Crippen molar-refractivity contribution in [2.75, 3.05) is 26.2 Å². The Bertz CT molecular complexity index is 2370. The zero-order chi connectivity index (χ0) is 38.8. The van der Waals surface area contributed by atoms with Gasteiger partial charge in [0.1, 0.15) is 6.73 Å². The lowest BCUT2D eigenvalue weighted by Gasteiger charge is -2.33. The number of aromatic nitrogens is 5. The number of likely N-dealkylation sites (tertiary alicyclic amines) is 1. The number of nitrogens with zero attached hydrogens (tertiary/aromatic N) is 6. The number of para-hydroxylation sites is 1. The molecule has 1 unspecified atom stereocenters. The Morgan fingerprint density at radius 3 is 2.54 bits per heavy atom. The van der Waals surface area contributed by atoms with Crippen LogP contribution >= 0.6 is 0 Å². The van der Waals surface area contributed by atoms with Gasteiger partial charge in [-0.05, 0) is 66.0 Å². The minimum atomic E-state index is -1.18. The van der Waals surface area contributed by atoms with E-state index in [-0.39, 0.29) is 17.6 Å². The number of fused-ring (bicyclic) bond motifs is 3. The van der Waals surface area contributed by atoms with Crippen molar-refractivity contribution in [2.45, 2.75) is 90.3 Å². The van der Waals surface area contributed by atoms with Crippen LogP contribution in [0, 0.1) is 6.92 Å². The van der Waals surface area contributed by atoms with Crippen LogP contribution in [-0.4, -0.2) is 74.5 Å². The molecule has 0 saturated carbocycles. The van der Waals surface area contributed by atoms with Crippen LogP contribution in [0.5, 0.6) is 0 Å². The van der Waals surface area contributed by atoms with Crippen LogP contribution in [0.15, 0.2) is 90.0 Å². The number of hydrogen-bond donors (Lipinski definition) is 1. The standard InChI is InChI=1S/C44H53N7O4Si/c1-31-22-33(23-36-28-50(47-41(31)36)30-54-20-21-56(2,3)4)24-40(42-45-26-37-29-48(18-19-51(37)42)27-32-10-6-5-7-11-32)55-44(53)49-16-14-34(15-17-49)38-25-35-12-8-9-13-39(35)46-43(38)52/h5-13,22-23,25-26,28,34,40H,14-21,24,27,29-30H2,1-4H3,(H,46,52)/q-1. The number of piperidine rings is 1. The molecule has 1 saturated heterocycles. The van der Waals surface area contributed by atoms with Gasteiger partial charge in [0.15, 0.2) is 11.9 Å². The molecule has 1 N–H and O–H groups in total. The van der Waals surface area contributed by atoms with Crippen molar-refractivity contribution < 1.29 is 14.3 Å². The highest BCUT2D eigenvalue weighted by molar-refractivity contribution is 6.76. The highest BCUT2D eigenvalue weighted by atomic mass is 28.3. The number of carbonyl (C=O) groups is 1. The second-order valence-corrected chi connectivity index (χ2v) is 22.4. The largest absolute Gasteiger partial charge is 0.438 e. The van der Waals surface area contributed by atoms with Gasteiger partial charge < -0.3 is 23.9 Å². The number of ether oxygens (including phenoxy) is 2. The number of nitrogens with one attached hydrogen (secondary N) is 1. The third kappa shape index (κ3) is 8.67. The van der Waals surface area contributed by atoms with E-state index in [4.69, 9.17) is 19.6 Å². The van der Waals surface area contributed by atoms with Gasteiger partial charge in [-0.2, -0.15) is 24.7 Å². The highest BCUT2D eigenvalue weighted by Gasteiger charge is 2.32. The molecule has 0 bridgehead atoms. The summed E-state index contributed by atoms with van der Waals surface area (Å²) in [4.78, 5) is 39.3.